The van der Waals surface area contributed by atoms with E-state index in [9.17, 15) is 0 Å². The Labute approximate surface area is 101 Å². The van der Waals surface area contributed by atoms with Crippen LogP contribution in [0.25, 0.3) is 0 Å². The molecular formula is C15H27N. The van der Waals surface area contributed by atoms with E-state index in [1.54, 1.807) is 0 Å². The van der Waals surface area contributed by atoms with Crippen molar-refractivity contribution in [2.24, 2.45) is 0 Å². The molecule has 1 heteroatoms. The van der Waals surface area contributed by atoms with Crippen LogP contribution in [0.4, 0.5) is 0 Å². The summed E-state index contributed by atoms with van der Waals surface area (Å²) in [5.41, 5.74) is 1.46. The summed E-state index contributed by atoms with van der Waals surface area (Å²) < 4.78 is 0. The summed E-state index contributed by atoms with van der Waals surface area (Å²) in [6.07, 6.45) is 16.1. The molecule has 0 aromatic heterocycles. The van der Waals surface area contributed by atoms with Crippen molar-refractivity contribution in [2.75, 3.05) is 6.54 Å². The summed E-state index contributed by atoms with van der Waals surface area (Å²) in [6, 6.07) is 0.660. The van der Waals surface area contributed by atoms with E-state index in [-0.39, 0.29) is 0 Å². The molecule has 0 aliphatic heterocycles. The van der Waals surface area contributed by atoms with Crippen LogP contribution in [0.2, 0.25) is 0 Å². The van der Waals surface area contributed by atoms with Gasteiger partial charge in [0, 0.05) is 12.6 Å². The Morgan fingerprint density at radius 3 is 2.81 bits per heavy atom. The van der Waals surface area contributed by atoms with Crippen LogP contribution in [0.5, 0.6) is 0 Å². The first-order valence-corrected chi connectivity index (χ1v) is 6.92. The van der Waals surface area contributed by atoms with Crippen molar-refractivity contribution >= 4 is 0 Å². The van der Waals surface area contributed by atoms with Crippen LogP contribution >= 0.6 is 0 Å². The third-order valence-electron chi connectivity index (χ3n) is 3.22. The van der Waals surface area contributed by atoms with Gasteiger partial charge in [0.05, 0.1) is 0 Å². The molecule has 0 aromatic rings. The van der Waals surface area contributed by atoms with Crippen molar-refractivity contribution < 1.29 is 0 Å². The van der Waals surface area contributed by atoms with E-state index in [1.165, 1.54) is 50.5 Å². The van der Waals surface area contributed by atoms with Gasteiger partial charge in [0.2, 0.25) is 0 Å². The molecule has 1 aliphatic carbocycles. The molecule has 0 aromatic carbocycles. The summed E-state index contributed by atoms with van der Waals surface area (Å²) in [4.78, 5) is 0. The molecule has 0 radical (unpaired) electrons. The van der Waals surface area contributed by atoms with Gasteiger partial charge in [-0.15, -0.1) is 0 Å². The minimum absolute atomic E-state index is 0.660. The summed E-state index contributed by atoms with van der Waals surface area (Å²) in [5.74, 6) is 0. The molecule has 92 valence electrons. The molecule has 0 saturated heterocycles. The normalized spacial score (nSPS) is 17.2. The Balaban J connectivity index is 2.03. The Bertz CT molecular complexity index is 228. The first-order valence-electron chi connectivity index (χ1n) is 6.92. The SMILES string of the molecule is CCCCCC[C@H](C)NCC1=CCCC=C1. The predicted octanol–water partition coefficient (Wildman–Crippen LogP) is 4.21. The van der Waals surface area contributed by atoms with E-state index in [4.69, 9.17) is 0 Å². The van der Waals surface area contributed by atoms with Crippen molar-refractivity contribution in [1.29, 1.82) is 0 Å². The molecule has 0 bridgehead atoms. The topological polar surface area (TPSA) is 12.0 Å². The maximum atomic E-state index is 3.61. The summed E-state index contributed by atoms with van der Waals surface area (Å²) in [5, 5.41) is 3.61. The molecular weight excluding hydrogens is 194 g/mol. The number of rotatable bonds is 8. The predicted molar refractivity (Wildman–Crippen MR) is 72.7 cm³/mol. The maximum Gasteiger partial charge on any atom is 0.0204 e. The average molecular weight is 221 g/mol. The van der Waals surface area contributed by atoms with Gasteiger partial charge in [-0.2, -0.15) is 0 Å². The molecule has 1 atom stereocenters. The Morgan fingerprint density at radius 2 is 2.12 bits per heavy atom. The standard InChI is InChI=1S/C15H27N/c1-3-4-5-7-10-14(2)16-13-15-11-8-6-9-12-15/h8,11-12,14,16H,3-7,9-10,13H2,1-2H3/t14-/m0/s1. The third-order valence-corrected chi connectivity index (χ3v) is 3.22. The second-order valence-corrected chi connectivity index (χ2v) is 4.89. The molecule has 1 aliphatic rings. The van der Waals surface area contributed by atoms with Gasteiger partial charge in [-0.3, -0.25) is 0 Å². The molecule has 1 N–H and O–H groups in total. The number of unbranched alkanes of at least 4 members (excludes halogenated alkanes) is 3. The van der Waals surface area contributed by atoms with Gasteiger partial charge >= 0.3 is 0 Å². The first-order chi connectivity index (χ1) is 7.83. The van der Waals surface area contributed by atoms with Gasteiger partial charge < -0.3 is 5.32 Å². The second kappa shape index (κ2) is 8.58. The van der Waals surface area contributed by atoms with E-state index in [2.05, 4.69) is 37.4 Å². The number of hydrogen-bond donors (Lipinski definition) is 1. The van der Waals surface area contributed by atoms with Crippen LogP contribution in [0.15, 0.2) is 23.8 Å². The highest BCUT2D eigenvalue weighted by atomic mass is 14.9. The van der Waals surface area contributed by atoms with Gasteiger partial charge in [-0.05, 0) is 31.8 Å². The zero-order valence-corrected chi connectivity index (χ0v) is 11.0. The van der Waals surface area contributed by atoms with Crippen LogP contribution in [0, 0.1) is 0 Å². The second-order valence-electron chi connectivity index (χ2n) is 4.89. The highest BCUT2D eigenvalue weighted by molar-refractivity contribution is 5.23. The van der Waals surface area contributed by atoms with E-state index < -0.39 is 0 Å². The number of nitrogens with one attached hydrogen (secondary N) is 1. The monoisotopic (exact) mass is 221 g/mol. The molecule has 16 heavy (non-hydrogen) atoms. The van der Waals surface area contributed by atoms with Crippen LogP contribution in [0.3, 0.4) is 0 Å². The fraction of sp³-hybridized carbons (Fsp3) is 0.733. The Hall–Kier alpha value is -0.560. The highest BCUT2D eigenvalue weighted by Gasteiger charge is 2.02. The van der Waals surface area contributed by atoms with Gasteiger partial charge in [0.1, 0.15) is 0 Å². The van der Waals surface area contributed by atoms with Crippen molar-refractivity contribution in [3.63, 3.8) is 0 Å². The molecule has 0 spiro atoms. The molecule has 0 unspecified atom stereocenters. The smallest absolute Gasteiger partial charge is 0.0204 e. The Kier molecular flexibility index (Phi) is 7.24. The average Bonchev–Trinajstić information content (AvgIpc) is 2.33. The van der Waals surface area contributed by atoms with Gasteiger partial charge in [0.15, 0.2) is 0 Å². The quantitative estimate of drug-likeness (QED) is 0.605. The largest absolute Gasteiger partial charge is 0.310 e. The van der Waals surface area contributed by atoms with Crippen molar-refractivity contribution in [1.82, 2.24) is 5.32 Å². The zero-order chi connectivity index (χ0) is 11.6. The van der Waals surface area contributed by atoms with E-state index in [1.807, 2.05) is 0 Å². The summed E-state index contributed by atoms with van der Waals surface area (Å²) in [6.45, 7) is 5.62. The first kappa shape index (κ1) is 13.5. The maximum absolute atomic E-state index is 3.61. The lowest BCUT2D eigenvalue weighted by Gasteiger charge is -2.15. The minimum atomic E-state index is 0.660. The van der Waals surface area contributed by atoms with Gasteiger partial charge in [-0.25, -0.2) is 0 Å². The summed E-state index contributed by atoms with van der Waals surface area (Å²) in [7, 11) is 0. The van der Waals surface area contributed by atoms with Crippen LogP contribution in [0.1, 0.15) is 58.8 Å². The van der Waals surface area contributed by atoms with E-state index in [0.29, 0.717) is 6.04 Å². The fourth-order valence-corrected chi connectivity index (χ4v) is 2.07. The van der Waals surface area contributed by atoms with Crippen LogP contribution in [-0.2, 0) is 0 Å². The Morgan fingerprint density at radius 1 is 1.25 bits per heavy atom. The third kappa shape index (κ3) is 6.12. The molecule has 1 rings (SSSR count). The fourth-order valence-electron chi connectivity index (χ4n) is 2.07. The number of hydrogen-bond acceptors (Lipinski definition) is 1. The lowest BCUT2D eigenvalue weighted by atomic mass is 10.1. The molecule has 0 amide bonds. The van der Waals surface area contributed by atoms with Gasteiger partial charge in [-0.1, -0.05) is 50.8 Å². The molecule has 0 fully saturated rings. The van der Waals surface area contributed by atoms with E-state index in [0.717, 1.165) is 6.54 Å². The van der Waals surface area contributed by atoms with E-state index >= 15 is 0 Å². The molecule has 1 nitrogen and oxygen atoms in total. The van der Waals surface area contributed by atoms with Crippen molar-refractivity contribution in [3.8, 4) is 0 Å². The summed E-state index contributed by atoms with van der Waals surface area (Å²) >= 11 is 0. The lowest BCUT2D eigenvalue weighted by molar-refractivity contribution is 0.500. The van der Waals surface area contributed by atoms with Crippen molar-refractivity contribution in [3.05, 3.63) is 23.8 Å². The highest BCUT2D eigenvalue weighted by Crippen LogP contribution is 2.09. The van der Waals surface area contributed by atoms with Crippen LogP contribution < -0.4 is 5.32 Å². The molecule has 0 heterocycles. The van der Waals surface area contributed by atoms with Crippen LogP contribution in [-0.4, -0.2) is 12.6 Å². The minimum Gasteiger partial charge on any atom is -0.310 e. The molecule has 0 saturated carbocycles. The van der Waals surface area contributed by atoms with Crippen molar-refractivity contribution in [2.45, 2.75) is 64.8 Å². The number of allylic oxidation sites excluding steroid dienone is 2. The lowest BCUT2D eigenvalue weighted by Crippen LogP contribution is -2.27. The zero-order valence-electron chi connectivity index (χ0n) is 11.0. The van der Waals surface area contributed by atoms with Gasteiger partial charge in [0.25, 0.3) is 0 Å².